The van der Waals surface area contributed by atoms with Crippen LogP contribution in [-0.4, -0.2) is 32.0 Å². The molecule has 1 heterocycles. The molecule has 0 aliphatic carbocycles. The summed E-state index contributed by atoms with van der Waals surface area (Å²) in [6, 6.07) is 13.5. The topological polar surface area (TPSA) is 49.9 Å². The third kappa shape index (κ3) is 3.57. The molecule has 2 amide bonds. The third-order valence-corrected chi connectivity index (χ3v) is 4.83. The average molecular weight is 352 g/mol. The summed E-state index contributed by atoms with van der Waals surface area (Å²) in [5, 5.41) is 0. The number of ether oxygens (including phenoxy) is 1. The van der Waals surface area contributed by atoms with Crippen molar-refractivity contribution in [2.75, 3.05) is 29.5 Å². The number of hydrogen-bond acceptors (Lipinski definition) is 3. The summed E-state index contributed by atoms with van der Waals surface area (Å²) in [5.74, 6) is 0.533. The zero-order valence-electron chi connectivity index (χ0n) is 15.4. The molecule has 3 rings (SSSR count). The smallest absolute Gasteiger partial charge is 0.231 e. The molecule has 1 aliphatic heterocycles. The number of para-hydroxylation sites is 2. The number of rotatable bonds is 5. The molecule has 0 N–H and O–H groups in total. The zero-order chi connectivity index (χ0) is 18.7. The summed E-state index contributed by atoms with van der Waals surface area (Å²) in [6.07, 6.45) is 0.789. The number of hydrogen-bond donors (Lipinski definition) is 0. The molecule has 0 bridgehead atoms. The fraction of sp³-hybridized carbons (Fsp3) is 0.333. The normalized spacial score (nSPS) is 16.9. The molecule has 1 unspecified atom stereocenters. The van der Waals surface area contributed by atoms with Crippen molar-refractivity contribution < 1.29 is 14.3 Å². The second-order valence-corrected chi connectivity index (χ2v) is 6.73. The van der Waals surface area contributed by atoms with Gasteiger partial charge in [0.2, 0.25) is 12.3 Å². The van der Waals surface area contributed by atoms with Gasteiger partial charge in [-0.2, -0.15) is 0 Å². The number of carbonyl (C=O) groups is 2. The molecule has 136 valence electrons. The Balaban J connectivity index is 1.79. The van der Waals surface area contributed by atoms with Crippen molar-refractivity contribution in [2.24, 2.45) is 5.92 Å². The quantitative estimate of drug-likeness (QED) is 0.776. The summed E-state index contributed by atoms with van der Waals surface area (Å²) >= 11 is 0. The van der Waals surface area contributed by atoms with E-state index in [2.05, 4.69) is 6.92 Å². The van der Waals surface area contributed by atoms with Crippen LogP contribution in [0.1, 0.15) is 18.1 Å². The van der Waals surface area contributed by atoms with Crippen LogP contribution in [0.3, 0.4) is 0 Å². The Labute approximate surface area is 154 Å². The first-order valence-corrected chi connectivity index (χ1v) is 8.83. The lowest BCUT2D eigenvalue weighted by atomic mass is 10.1. The van der Waals surface area contributed by atoms with E-state index >= 15 is 0 Å². The third-order valence-electron chi connectivity index (χ3n) is 4.83. The molecule has 26 heavy (non-hydrogen) atoms. The van der Waals surface area contributed by atoms with E-state index in [1.54, 1.807) is 9.80 Å². The first-order valence-electron chi connectivity index (χ1n) is 8.83. The van der Waals surface area contributed by atoms with E-state index in [0.717, 1.165) is 23.5 Å². The lowest BCUT2D eigenvalue weighted by molar-refractivity contribution is -0.121. The standard InChI is InChI=1S/C21H24N2O3/c1-15-8-9-18(12-16(15)2)26-11-10-23-20-7-5-4-6-19(20)22(14-24)13-17(3)21(23)25/h4-9,12,14,17H,10-11,13H2,1-3H3. The van der Waals surface area contributed by atoms with Gasteiger partial charge in [0.25, 0.3) is 0 Å². The second kappa shape index (κ2) is 7.60. The van der Waals surface area contributed by atoms with Gasteiger partial charge in [-0.15, -0.1) is 0 Å². The summed E-state index contributed by atoms with van der Waals surface area (Å²) < 4.78 is 5.86. The Morgan fingerprint density at radius 1 is 1.12 bits per heavy atom. The van der Waals surface area contributed by atoms with Crippen molar-refractivity contribution in [3.8, 4) is 5.75 Å². The van der Waals surface area contributed by atoms with E-state index in [1.807, 2.05) is 56.3 Å². The highest BCUT2D eigenvalue weighted by Gasteiger charge is 2.30. The number of carbonyl (C=O) groups excluding carboxylic acids is 2. The molecule has 2 aromatic rings. The maximum absolute atomic E-state index is 12.8. The van der Waals surface area contributed by atoms with Gasteiger partial charge in [-0.05, 0) is 49.2 Å². The number of nitrogens with zero attached hydrogens (tertiary/aromatic N) is 2. The maximum atomic E-state index is 12.8. The molecule has 1 aliphatic rings. The molecule has 5 nitrogen and oxygen atoms in total. The Kier molecular flexibility index (Phi) is 5.26. The van der Waals surface area contributed by atoms with Gasteiger partial charge in [0.1, 0.15) is 12.4 Å². The van der Waals surface area contributed by atoms with Crippen LogP contribution < -0.4 is 14.5 Å². The minimum Gasteiger partial charge on any atom is -0.492 e. The minimum atomic E-state index is -0.269. The SMILES string of the molecule is Cc1ccc(OCCN2C(=O)C(C)CN(C=O)c3ccccc32)cc1C. The minimum absolute atomic E-state index is 0.00508. The molecule has 0 saturated carbocycles. The van der Waals surface area contributed by atoms with Gasteiger partial charge < -0.3 is 14.5 Å². The highest BCUT2D eigenvalue weighted by Crippen LogP contribution is 2.33. The summed E-state index contributed by atoms with van der Waals surface area (Å²) in [4.78, 5) is 27.6. The molecular weight excluding hydrogens is 328 g/mol. The first kappa shape index (κ1) is 18.0. The van der Waals surface area contributed by atoms with Crippen LogP contribution in [0.4, 0.5) is 11.4 Å². The highest BCUT2D eigenvalue weighted by molar-refractivity contribution is 6.02. The number of benzene rings is 2. The van der Waals surface area contributed by atoms with E-state index in [1.165, 1.54) is 11.1 Å². The van der Waals surface area contributed by atoms with Crippen molar-refractivity contribution >= 4 is 23.7 Å². The molecule has 0 saturated heterocycles. The Morgan fingerprint density at radius 3 is 2.54 bits per heavy atom. The van der Waals surface area contributed by atoms with Crippen LogP contribution in [0.15, 0.2) is 42.5 Å². The van der Waals surface area contributed by atoms with E-state index in [9.17, 15) is 9.59 Å². The van der Waals surface area contributed by atoms with Crippen molar-refractivity contribution in [2.45, 2.75) is 20.8 Å². The predicted octanol–water partition coefficient (Wildman–Crippen LogP) is 3.33. The van der Waals surface area contributed by atoms with Crippen molar-refractivity contribution in [1.29, 1.82) is 0 Å². The van der Waals surface area contributed by atoms with Gasteiger partial charge >= 0.3 is 0 Å². The van der Waals surface area contributed by atoms with E-state index < -0.39 is 0 Å². The lowest BCUT2D eigenvalue weighted by Gasteiger charge is -2.24. The van der Waals surface area contributed by atoms with Gasteiger partial charge in [0, 0.05) is 6.54 Å². The number of fused-ring (bicyclic) bond motifs is 1. The molecule has 1 atom stereocenters. The van der Waals surface area contributed by atoms with Crippen LogP contribution in [-0.2, 0) is 9.59 Å². The maximum Gasteiger partial charge on any atom is 0.231 e. The average Bonchev–Trinajstić information content (AvgIpc) is 2.74. The van der Waals surface area contributed by atoms with Crippen LogP contribution in [0.25, 0.3) is 0 Å². The fourth-order valence-corrected chi connectivity index (χ4v) is 3.18. The summed E-state index contributed by atoms with van der Waals surface area (Å²) in [7, 11) is 0. The number of anilines is 2. The van der Waals surface area contributed by atoms with E-state index in [4.69, 9.17) is 4.74 Å². The Bertz CT molecular complexity index is 819. The molecule has 0 aromatic heterocycles. The van der Waals surface area contributed by atoms with Crippen molar-refractivity contribution in [3.63, 3.8) is 0 Å². The molecule has 0 radical (unpaired) electrons. The lowest BCUT2D eigenvalue weighted by Crippen LogP contribution is -2.38. The van der Waals surface area contributed by atoms with Crippen LogP contribution in [0.5, 0.6) is 5.75 Å². The van der Waals surface area contributed by atoms with Crippen molar-refractivity contribution in [3.05, 3.63) is 53.6 Å². The number of aryl methyl sites for hydroxylation is 2. The Morgan fingerprint density at radius 2 is 1.85 bits per heavy atom. The molecular formula is C21H24N2O3. The van der Waals surface area contributed by atoms with Crippen LogP contribution >= 0.6 is 0 Å². The monoisotopic (exact) mass is 352 g/mol. The molecule has 2 aromatic carbocycles. The molecule has 0 fully saturated rings. The van der Waals surface area contributed by atoms with Crippen molar-refractivity contribution in [1.82, 2.24) is 0 Å². The summed E-state index contributed by atoms with van der Waals surface area (Å²) in [6.45, 7) is 7.16. The van der Waals surface area contributed by atoms with Crippen LogP contribution in [0, 0.1) is 19.8 Å². The molecule has 0 spiro atoms. The van der Waals surface area contributed by atoms with Gasteiger partial charge in [-0.3, -0.25) is 9.59 Å². The fourth-order valence-electron chi connectivity index (χ4n) is 3.18. The largest absolute Gasteiger partial charge is 0.492 e. The van der Waals surface area contributed by atoms with Gasteiger partial charge in [-0.1, -0.05) is 25.1 Å². The predicted molar refractivity (Wildman–Crippen MR) is 103 cm³/mol. The van der Waals surface area contributed by atoms with Crippen LogP contribution in [0.2, 0.25) is 0 Å². The van der Waals surface area contributed by atoms with E-state index in [0.29, 0.717) is 19.7 Å². The Hall–Kier alpha value is -2.82. The van der Waals surface area contributed by atoms with E-state index in [-0.39, 0.29) is 11.8 Å². The first-order chi connectivity index (χ1) is 12.5. The van der Waals surface area contributed by atoms with Gasteiger partial charge in [0.15, 0.2) is 0 Å². The number of amides is 2. The van der Waals surface area contributed by atoms with Gasteiger partial charge in [-0.25, -0.2) is 0 Å². The zero-order valence-corrected chi connectivity index (χ0v) is 15.4. The highest BCUT2D eigenvalue weighted by atomic mass is 16.5. The van der Waals surface area contributed by atoms with Gasteiger partial charge in [0.05, 0.1) is 23.8 Å². The summed E-state index contributed by atoms with van der Waals surface area (Å²) in [5.41, 5.74) is 3.90. The molecule has 5 heteroatoms. The second-order valence-electron chi connectivity index (χ2n) is 6.73.